The standard InChI is InChI=1S/C26H27BrN4O4S.C16H11BrN2O4S.C11H19NO.CH4/c1-34-22-13-21-18(12-20(22)27)24-19(14-35-21)23(28-31(24)17-6-11-36-15-17)26(33)30-8-3-7-29(9-10-30)25(32)16-4-2-5-16;1-22-13-5-12-9(4-11(13)17)15-10(6-23-12)14(16(20)21)18-19(15)8-2-3-24-7-8;13-11(10-6-5-7-10)12-8-3-1-2-4-9-12;/h6,11-13,15-16H,2-5,7-10,14H2,1H3;2-5,7H,6H2,1H3,(H,20,21);10H,1-9H2;1H4. The Balaban J connectivity index is 0.000000152. The zero-order chi connectivity index (χ0) is 50.8. The van der Waals surface area contributed by atoms with Crippen LogP contribution in [-0.4, -0.2) is 117 Å². The first-order valence-electron chi connectivity index (χ1n) is 24.9. The van der Waals surface area contributed by atoms with E-state index >= 15 is 0 Å². The number of likely N-dealkylation sites (tertiary alicyclic amines) is 1. The van der Waals surface area contributed by atoms with Crippen LogP contribution >= 0.6 is 54.5 Å². The van der Waals surface area contributed by atoms with Crippen molar-refractivity contribution in [3.8, 4) is 56.9 Å². The first-order chi connectivity index (χ1) is 35.5. The average molecular weight is 1180 g/mol. The first-order valence-corrected chi connectivity index (χ1v) is 28.4. The number of halogens is 2. The monoisotopic (exact) mass is 1170 g/mol. The number of amides is 3. The lowest BCUT2D eigenvalue weighted by Crippen LogP contribution is -2.41. The Bertz CT molecular complexity index is 3000. The number of benzene rings is 2. The van der Waals surface area contributed by atoms with Gasteiger partial charge in [-0.15, -0.1) is 0 Å². The summed E-state index contributed by atoms with van der Waals surface area (Å²) in [6.45, 7) is 4.83. The third-order valence-corrected chi connectivity index (χ3v) is 17.1. The quantitative estimate of drug-likeness (QED) is 0.154. The molecule has 0 unspecified atom stereocenters. The second-order valence-electron chi connectivity index (χ2n) is 19.0. The van der Waals surface area contributed by atoms with Crippen molar-refractivity contribution in [1.29, 1.82) is 0 Å². The fraction of sp³-hybridized carbons (Fsp3) is 0.444. The second-order valence-corrected chi connectivity index (χ2v) is 22.2. The van der Waals surface area contributed by atoms with E-state index in [0.29, 0.717) is 72.3 Å². The summed E-state index contributed by atoms with van der Waals surface area (Å²) in [5.41, 5.74) is 6.71. The number of hydrogen-bond acceptors (Lipinski definition) is 12. The van der Waals surface area contributed by atoms with E-state index in [1.54, 1.807) is 36.3 Å². The fourth-order valence-electron chi connectivity index (χ4n) is 10.1. The van der Waals surface area contributed by atoms with E-state index in [1.807, 2.05) is 66.3 Å². The Morgan fingerprint density at radius 2 is 1.05 bits per heavy atom. The summed E-state index contributed by atoms with van der Waals surface area (Å²) in [6, 6.07) is 11.4. The minimum Gasteiger partial charge on any atom is -0.495 e. The number of carbonyl (C=O) groups excluding carboxylic acids is 3. The number of nitrogens with zero attached hydrogens (tertiary/aromatic N) is 7. The normalized spacial score (nSPS) is 16.9. The minimum atomic E-state index is -1.07. The zero-order valence-corrected chi connectivity index (χ0v) is 45.6. The molecule has 0 spiro atoms. The lowest BCUT2D eigenvalue weighted by Gasteiger charge is -2.31. The van der Waals surface area contributed by atoms with Crippen molar-refractivity contribution in [3.63, 3.8) is 0 Å². The minimum absolute atomic E-state index is 0. The largest absolute Gasteiger partial charge is 0.495 e. The summed E-state index contributed by atoms with van der Waals surface area (Å²) in [6.07, 6.45) is 12.5. The molecule has 6 aliphatic rings. The van der Waals surface area contributed by atoms with Gasteiger partial charge in [0.25, 0.3) is 5.91 Å². The molecule has 6 aromatic rings. The molecule has 8 heterocycles. The van der Waals surface area contributed by atoms with Gasteiger partial charge in [-0.05, 0) is 112 Å². The number of methoxy groups -OCH3 is 2. The number of carbonyl (C=O) groups is 4. The summed E-state index contributed by atoms with van der Waals surface area (Å²) in [5.74, 6) is 2.76. The van der Waals surface area contributed by atoms with Gasteiger partial charge in [-0.2, -0.15) is 32.9 Å². The molecule has 4 aromatic heterocycles. The van der Waals surface area contributed by atoms with Gasteiger partial charge in [0.15, 0.2) is 11.4 Å². The van der Waals surface area contributed by atoms with Crippen molar-refractivity contribution in [3.05, 3.63) is 89.4 Å². The van der Waals surface area contributed by atoms with Crippen LogP contribution in [0.5, 0.6) is 23.0 Å². The van der Waals surface area contributed by atoms with Gasteiger partial charge in [0.05, 0.1) is 51.5 Å². The van der Waals surface area contributed by atoms with Crippen molar-refractivity contribution < 1.29 is 43.2 Å². The van der Waals surface area contributed by atoms with Crippen molar-refractivity contribution in [2.24, 2.45) is 11.8 Å². The Hall–Kier alpha value is -5.70. The molecule has 20 heteroatoms. The number of rotatable bonds is 8. The van der Waals surface area contributed by atoms with Crippen LogP contribution in [0.1, 0.15) is 110 Å². The zero-order valence-electron chi connectivity index (χ0n) is 40.8. The number of aromatic nitrogens is 4. The summed E-state index contributed by atoms with van der Waals surface area (Å²) in [5, 5.41) is 26.5. The molecule has 12 rings (SSSR count). The van der Waals surface area contributed by atoms with E-state index in [-0.39, 0.29) is 44.1 Å². The molecule has 0 atom stereocenters. The maximum atomic E-state index is 13.8. The van der Waals surface area contributed by atoms with Gasteiger partial charge in [-0.3, -0.25) is 14.4 Å². The smallest absolute Gasteiger partial charge is 0.356 e. The molecular formula is C54H61Br2N7O9S2. The van der Waals surface area contributed by atoms with Crippen LogP contribution in [-0.2, 0) is 22.8 Å². The van der Waals surface area contributed by atoms with Gasteiger partial charge in [0.1, 0.15) is 36.2 Å². The molecule has 4 aliphatic heterocycles. The van der Waals surface area contributed by atoms with Crippen molar-refractivity contribution in [1.82, 2.24) is 34.3 Å². The third-order valence-electron chi connectivity index (χ3n) is 14.6. The van der Waals surface area contributed by atoms with E-state index < -0.39 is 5.97 Å². The van der Waals surface area contributed by atoms with Gasteiger partial charge in [0, 0.05) is 90.7 Å². The van der Waals surface area contributed by atoms with Crippen LogP contribution < -0.4 is 18.9 Å². The molecule has 0 radical (unpaired) electrons. The van der Waals surface area contributed by atoms with Crippen LogP contribution in [0.4, 0.5) is 0 Å². The topological polar surface area (TPSA) is 171 Å². The number of carboxylic acid groups (broad SMARTS) is 1. The van der Waals surface area contributed by atoms with Crippen LogP contribution in [0.3, 0.4) is 0 Å². The molecule has 3 amide bonds. The van der Waals surface area contributed by atoms with E-state index in [4.69, 9.17) is 24.0 Å². The van der Waals surface area contributed by atoms with Crippen LogP contribution in [0.2, 0.25) is 0 Å². The molecule has 16 nitrogen and oxygen atoms in total. The van der Waals surface area contributed by atoms with E-state index in [0.717, 1.165) is 100 Å². The van der Waals surface area contributed by atoms with Gasteiger partial charge >= 0.3 is 5.97 Å². The van der Waals surface area contributed by atoms with Gasteiger partial charge in [-0.1, -0.05) is 33.1 Å². The summed E-state index contributed by atoms with van der Waals surface area (Å²) < 4.78 is 27.7. The number of carboxylic acids is 1. The van der Waals surface area contributed by atoms with Crippen molar-refractivity contribution in [2.45, 2.75) is 91.3 Å². The van der Waals surface area contributed by atoms with Gasteiger partial charge in [-0.25, -0.2) is 14.2 Å². The lowest BCUT2D eigenvalue weighted by molar-refractivity contribution is -0.138. The molecule has 4 fully saturated rings. The SMILES string of the molecule is C.COc1cc2c(cc1Br)-c1c(c(C(=O)N3CCCN(C(=O)C4CCC4)CC3)nn1-c1ccsc1)CO2.COc1cc2c(cc1Br)-c1c(c(C(=O)O)nn1-c1ccsc1)CO2.O=C(C1CCC1)N1CCCCCC1. The Kier molecular flexibility index (Phi) is 16.8. The third kappa shape index (κ3) is 10.7. The maximum absolute atomic E-state index is 13.8. The number of fused-ring (bicyclic) bond motifs is 6. The maximum Gasteiger partial charge on any atom is 0.356 e. The number of aromatic carboxylic acids is 1. The number of hydrogen-bond donors (Lipinski definition) is 1. The van der Waals surface area contributed by atoms with Crippen LogP contribution in [0, 0.1) is 11.8 Å². The molecule has 2 saturated heterocycles. The summed E-state index contributed by atoms with van der Waals surface area (Å²) in [7, 11) is 3.20. The van der Waals surface area contributed by atoms with E-state index in [9.17, 15) is 24.3 Å². The predicted octanol–water partition coefficient (Wildman–Crippen LogP) is 11.5. The van der Waals surface area contributed by atoms with Crippen molar-refractivity contribution in [2.75, 3.05) is 53.5 Å². The molecule has 1 N–H and O–H groups in total. The predicted molar refractivity (Wildman–Crippen MR) is 291 cm³/mol. The highest BCUT2D eigenvalue weighted by Gasteiger charge is 2.36. The summed E-state index contributed by atoms with van der Waals surface area (Å²) in [4.78, 5) is 55.9. The number of thiophene rings is 2. The number of ether oxygens (including phenoxy) is 4. The second kappa shape index (κ2) is 23.5. The van der Waals surface area contributed by atoms with E-state index in [1.165, 1.54) is 43.4 Å². The molecule has 392 valence electrons. The fourth-order valence-corrected chi connectivity index (χ4v) is 12.3. The molecule has 2 saturated carbocycles. The Morgan fingerprint density at radius 3 is 1.50 bits per heavy atom. The van der Waals surface area contributed by atoms with Crippen LogP contribution in [0.15, 0.2) is 66.9 Å². The molecule has 0 bridgehead atoms. The highest BCUT2D eigenvalue weighted by Crippen LogP contribution is 2.47. The Morgan fingerprint density at radius 1 is 0.608 bits per heavy atom. The molecule has 2 aliphatic carbocycles. The molecule has 74 heavy (non-hydrogen) atoms. The van der Waals surface area contributed by atoms with Gasteiger partial charge in [0.2, 0.25) is 11.8 Å². The van der Waals surface area contributed by atoms with Crippen molar-refractivity contribution >= 4 is 78.2 Å². The molecular weight excluding hydrogens is 1110 g/mol. The van der Waals surface area contributed by atoms with Gasteiger partial charge < -0.3 is 38.8 Å². The summed E-state index contributed by atoms with van der Waals surface area (Å²) >= 11 is 10.2. The highest BCUT2D eigenvalue weighted by molar-refractivity contribution is 9.11. The lowest BCUT2D eigenvalue weighted by atomic mass is 9.84. The van der Waals surface area contributed by atoms with Crippen LogP contribution in [0.25, 0.3) is 33.9 Å². The molecule has 2 aromatic carbocycles. The average Bonchev–Trinajstić information content (AvgIpc) is 4.16. The Labute approximate surface area is 455 Å². The first kappa shape index (κ1) is 53.1. The van der Waals surface area contributed by atoms with E-state index in [2.05, 4.69) is 41.9 Å². The highest BCUT2D eigenvalue weighted by atomic mass is 79.9.